The molecule has 1 aliphatic rings. The molecule has 0 saturated carbocycles. The van der Waals surface area contributed by atoms with E-state index in [-0.39, 0.29) is 5.82 Å². The van der Waals surface area contributed by atoms with Crippen molar-refractivity contribution in [1.29, 1.82) is 0 Å². The van der Waals surface area contributed by atoms with Crippen molar-refractivity contribution in [3.63, 3.8) is 0 Å². The first-order chi connectivity index (χ1) is 10.9. The Hall–Kier alpha value is -2.08. The van der Waals surface area contributed by atoms with Crippen LogP contribution in [0.4, 0.5) is 19.0 Å². The molecule has 1 aromatic carbocycles. The number of pyridine rings is 1. The van der Waals surface area contributed by atoms with Gasteiger partial charge in [0.25, 0.3) is 5.24 Å². The summed E-state index contributed by atoms with van der Waals surface area (Å²) in [7, 11) is 0. The van der Waals surface area contributed by atoms with Crippen LogP contribution in [0.25, 0.3) is 0 Å². The molecule has 0 atom stereocenters. The van der Waals surface area contributed by atoms with Gasteiger partial charge in [0, 0.05) is 24.8 Å². The first kappa shape index (κ1) is 15.8. The van der Waals surface area contributed by atoms with Crippen LogP contribution in [0.2, 0.25) is 0 Å². The summed E-state index contributed by atoms with van der Waals surface area (Å²) in [6.07, 6.45) is -2.56. The summed E-state index contributed by atoms with van der Waals surface area (Å²) in [6, 6.07) is 7.33. The van der Waals surface area contributed by atoms with Gasteiger partial charge in [0.15, 0.2) is 0 Å². The van der Waals surface area contributed by atoms with Crippen LogP contribution in [0.15, 0.2) is 36.5 Å². The molecule has 0 spiro atoms. The topological polar surface area (TPSA) is 33.2 Å². The molecule has 2 aromatic rings. The van der Waals surface area contributed by atoms with Gasteiger partial charge in [-0.15, -0.1) is 0 Å². The van der Waals surface area contributed by atoms with Crippen LogP contribution in [0.3, 0.4) is 0 Å². The lowest BCUT2D eigenvalue weighted by Crippen LogP contribution is -2.32. The normalized spacial score (nSPS) is 14.5. The maximum Gasteiger partial charge on any atom is 0.419 e. The molecular formula is C16H12ClF3N2O. The number of fused-ring (bicyclic) bond motifs is 1. The van der Waals surface area contributed by atoms with Crippen molar-refractivity contribution < 1.29 is 18.0 Å². The molecule has 0 aliphatic carbocycles. The van der Waals surface area contributed by atoms with E-state index in [4.69, 9.17) is 11.6 Å². The lowest BCUT2D eigenvalue weighted by molar-refractivity contribution is -0.137. The number of alkyl halides is 3. The van der Waals surface area contributed by atoms with E-state index in [2.05, 4.69) is 4.98 Å². The predicted octanol–water partition coefficient (Wildman–Crippen LogP) is 4.04. The Kier molecular flexibility index (Phi) is 4.02. The number of carbonyl (C=O) groups excluding carboxylic acids is 1. The third-order valence-corrected chi connectivity index (χ3v) is 4.06. The van der Waals surface area contributed by atoms with Crippen LogP contribution in [-0.4, -0.2) is 16.8 Å². The highest BCUT2D eigenvalue weighted by Crippen LogP contribution is 2.36. The number of halogens is 4. The molecule has 23 heavy (non-hydrogen) atoms. The molecule has 1 aliphatic heterocycles. The standard InChI is InChI=1S/C16H12ClF3N2O/c17-14(23)11-3-4-12-9-22(7-5-10(12)8-11)15-13(16(18,19)20)2-1-6-21-15/h1-4,6,8H,5,7,9H2. The highest BCUT2D eigenvalue weighted by Gasteiger charge is 2.36. The first-order valence-corrected chi connectivity index (χ1v) is 7.33. The van der Waals surface area contributed by atoms with Crippen molar-refractivity contribution in [1.82, 2.24) is 4.98 Å². The molecule has 3 nitrogen and oxygen atoms in total. The third-order valence-electron chi connectivity index (χ3n) is 3.84. The van der Waals surface area contributed by atoms with Gasteiger partial charge >= 0.3 is 6.18 Å². The highest BCUT2D eigenvalue weighted by molar-refractivity contribution is 6.67. The molecule has 0 saturated heterocycles. The number of anilines is 1. The minimum absolute atomic E-state index is 0.0665. The van der Waals surface area contributed by atoms with Crippen LogP contribution in [0.5, 0.6) is 0 Å². The maximum atomic E-state index is 13.1. The molecular weight excluding hydrogens is 329 g/mol. The lowest BCUT2D eigenvalue weighted by Gasteiger charge is -2.31. The predicted molar refractivity (Wildman–Crippen MR) is 80.6 cm³/mol. The Morgan fingerprint density at radius 3 is 2.70 bits per heavy atom. The average molecular weight is 341 g/mol. The van der Waals surface area contributed by atoms with Gasteiger partial charge in [-0.25, -0.2) is 4.98 Å². The van der Waals surface area contributed by atoms with E-state index in [1.54, 1.807) is 23.1 Å². The van der Waals surface area contributed by atoms with Crippen molar-refractivity contribution in [2.24, 2.45) is 0 Å². The molecule has 0 bridgehead atoms. The SMILES string of the molecule is O=C(Cl)c1ccc2c(c1)CCN(c1ncccc1C(F)(F)F)C2. The third kappa shape index (κ3) is 3.17. The fourth-order valence-electron chi connectivity index (χ4n) is 2.73. The van der Waals surface area contributed by atoms with E-state index in [9.17, 15) is 18.0 Å². The molecule has 120 valence electrons. The van der Waals surface area contributed by atoms with Crippen LogP contribution < -0.4 is 4.90 Å². The number of aromatic nitrogens is 1. The number of nitrogens with zero attached hydrogens (tertiary/aromatic N) is 2. The summed E-state index contributed by atoms with van der Waals surface area (Å²) in [5.74, 6) is -0.0665. The quantitative estimate of drug-likeness (QED) is 0.773. The van der Waals surface area contributed by atoms with Crippen molar-refractivity contribution in [3.05, 3.63) is 58.8 Å². The molecule has 2 heterocycles. The van der Waals surface area contributed by atoms with Gasteiger partial charge in [-0.2, -0.15) is 13.2 Å². The van der Waals surface area contributed by atoms with E-state index in [1.165, 1.54) is 12.3 Å². The van der Waals surface area contributed by atoms with Crippen LogP contribution in [0, 0.1) is 0 Å². The molecule has 0 fully saturated rings. The van der Waals surface area contributed by atoms with Gasteiger partial charge in [-0.05, 0) is 53.4 Å². The van der Waals surface area contributed by atoms with Gasteiger partial charge in [-0.3, -0.25) is 4.79 Å². The first-order valence-electron chi connectivity index (χ1n) is 6.95. The van der Waals surface area contributed by atoms with E-state index in [1.807, 2.05) is 0 Å². The largest absolute Gasteiger partial charge is 0.419 e. The second-order valence-corrected chi connectivity index (χ2v) is 5.64. The summed E-state index contributed by atoms with van der Waals surface area (Å²) < 4.78 is 39.4. The molecule has 0 unspecified atom stereocenters. The van der Waals surface area contributed by atoms with Crippen molar-refractivity contribution in [2.75, 3.05) is 11.4 Å². The van der Waals surface area contributed by atoms with Crippen LogP contribution >= 0.6 is 11.6 Å². The highest BCUT2D eigenvalue weighted by atomic mass is 35.5. The second kappa shape index (κ2) is 5.85. The van der Waals surface area contributed by atoms with Crippen LogP contribution in [0.1, 0.15) is 27.0 Å². The summed E-state index contributed by atoms with van der Waals surface area (Å²) in [4.78, 5) is 16.7. The summed E-state index contributed by atoms with van der Waals surface area (Å²) in [6.45, 7) is 0.708. The number of carbonyl (C=O) groups is 1. The van der Waals surface area contributed by atoms with E-state index < -0.39 is 17.0 Å². The zero-order valence-corrected chi connectivity index (χ0v) is 12.7. The summed E-state index contributed by atoms with van der Waals surface area (Å²) in [5.41, 5.74) is 1.46. The Balaban J connectivity index is 1.93. The van der Waals surface area contributed by atoms with Crippen molar-refractivity contribution in [2.45, 2.75) is 19.1 Å². The second-order valence-electron chi connectivity index (χ2n) is 5.30. The Morgan fingerprint density at radius 2 is 2.00 bits per heavy atom. The smallest absolute Gasteiger partial charge is 0.351 e. The van der Waals surface area contributed by atoms with Crippen molar-refractivity contribution >= 4 is 22.7 Å². The van der Waals surface area contributed by atoms with Gasteiger partial charge in [0.05, 0.1) is 5.56 Å². The number of benzene rings is 1. The molecule has 3 rings (SSSR count). The van der Waals surface area contributed by atoms with Gasteiger partial charge in [0.2, 0.25) is 0 Å². The minimum atomic E-state index is -4.45. The van der Waals surface area contributed by atoms with Crippen LogP contribution in [-0.2, 0) is 19.1 Å². The maximum absolute atomic E-state index is 13.1. The van der Waals surface area contributed by atoms with Gasteiger partial charge in [-0.1, -0.05) is 6.07 Å². The van der Waals surface area contributed by atoms with Gasteiger partial charge in [0.1, 0.15) is 5.82 Å². The monoisotopic (exact) mass is 340 g/mol. The van der Waals surface area contributed by atoms with E-state index in [0.29, 0.717) is 25.1 Å². The number of hydrogen-bond acceptors (Lipinski definition) is 3. The Morgan fingerprint density at radius 1 is 1.22 bits per heavy atom. The van der Waals surface area contributed by atoms with Crippen molar-refractivity contribution in [3.8, 4) is 0 Å². The zero-order valence-electron chi connectivity index (χ0n) is 11.9. The Labute approximate surface area is 135 Å². The van der Waals surface area contributed by atoms with E-state index in [0.717, 1.165) is 17.2 Å². The molecule has 0 radical (unpaired) electrons. The fraction of sp³-hybridized carbons (Fsp3) is 0.250. The molecule has 1 aromatic heterocycles. The number of rotatable bonds is 2. The Bertz CT molecular complexity index is 761. The van der Waals surface area contributed by atoms with Gasteiger partial charge < -0.3 is 4.90 Å². The zero-order chi connectivity index (χ0) is 16.6. The van der Waals surface area contributed by atoms with E-state index >= 15 is 0 Å². The molecule has 7 heteroatoms. The number of hydrogen-bond donors (Lipinski definition) is 0. The minimum Gasteiger partial charge on any atom is -0.351 e. The molecule has 0 N–H and O–H groups in total. The molecule has 0 amide bonds. The lowest BCUT2D eigenvalue weighted by atomic mass is 9.97. The fourth-order valence-corrected chi connectivity index (χ4v) is 2.84. The summed E-state index contributed by atoms with van der Waals surface area (Å²) >= 11 is 5.46. The average Bonchev–Trinajstić information content (AvgIpc) is 2.53. The summed E-state index contributed by atoms with van der Waals surface area (Å²) in [5, 5.41) is -0.542.